The number of carbonyl (C=O) groups excluding carboxylic acids is 1. The first-order valence-electron chi connectivity index (χ1n) is 8.12. The van der Waals surface area contributed by atoms with Gasteiger partial charge in [0, 0.05) is 1.43 Å². The molecule has 3 rings (SSSR count). The van der Waals surface area contributed by atoms with E-state index >= 15 is 0 Å². The lowest BCUT2D eigenvalue weighted by molar-refractivity contribution is -0.118. The minimum absolute atomic E-state index is 0. The lowest BCUT2D eigenvalue weighted by Gasteiger charge is -2.32. The highest BCUT2D eigenvalue weighted by molar-refractivity contribution is 6.62. The van der Waals surface area contributed by atoms with Crippen molar-refractivity contribution in [2.24, 2.45) is 0 Å². The lowest BCUT2D eigenvalue weighted by Crippen LogP contribution is -2.41. The number of anilines is 1. The second-order valence-corrected chi connectivity index (χ2v) is 6.89. The van der Waals surface area contributed by atoms with Crippen molar-refractivity contribution in [2.45, 2.75) is 59.2 Å². The van der Waals surface area contributed by atoms with Crippen LogP contribution in [-0.2, 0) is 14.1 Å². The summed E-state index contributed by atoms with van der Waals surface area (Å²) in [6, 6.07) is 5.57. The molecule has 1 saturated heterocycles. The molecule has 0 saturated carbocycles. The van der Waals surface area contributed by atoms with Crippen LogP contribution in [0.15, 0.2) is 18.2 Å². The number of hydrogen-bond acceptors (Lipinski definition) is 4. The first-order chi connectivity index (χ1) is 10.7. The topological polar surface area (TPSA) is 56.8 Å². The van der Waals surface area contributed by atoms with Gasteiger partial charge in [-0.15, -0.1) is 0 Å². The van der Waals surface area contributed by atoms with Gasteiger partial charge in [-0.2, -0.15) is 0 Å². The molecule has 1 aromatic rings. The fraction of sp³-hybridized carbons (Fsp3) is 0.588. The highest BCUT2D eigenvalue weighted by Gasteiger charge is 2.51. The van der Waals surface area contributed by atoms with E-state index in [9.17, 15) is 4.79 Å². The number of carbonyl (C=O) groups is 1. The third-order valence-corrected chi connectivity index (χ3v) is 4.16. The van der Waals surface area contributed by atoms with Gasteiger partial charge in [0.05, 0.1) is 16.9 Å². The van der Waals surface area contributed by atoms with E-state index in [4.69, 9.17) is 14.0 Å². The summed E-state index contributed by atoms with van der Waals surface area (Å²) < 4.78 is 17.3. The Labute approximate surface area is 140 Å². The minimum Gasteiger partial charge on any atom is -0.482 e. The standard InChI is InChI=1S/C14H18BNO4.C3H8.H2/c1-13(2)14(3,4)20-15(19-13)9-5-6-11-10(7-9)16-12(17)8-18-11;1-3-2;/h5-7H,8H2,1-4H3,(H,16,17);3H2,1-2H3;1H. The number of ether oxygens (including phenoxy) is 1. The number of rotatable bonds is 1. The van der Waals surface area contributed by atoms with Crippen molar-refractivity contribution in [2.75, 3.05) is 11.9 Å². The molecule has 2 aliphatic heterocycles. The molecule has 1 fully saturated rings. The molecule has 0 radical (unpaired) electrons. The molecular weight excluding hydrogens is 293 g/mol. The van der Waals surface area contributed by atoms with Crippen molar-refractivity contribution in [3.63, 3.8) is 0 Å². The molecule has 1 N–H and O–H groups in total. The summed E-state index contributed by atoms with van der Waals surface area (Å²) in [6.07, 6.45) is 1.25. The Morgan fingerprint density at radius 1 is 1.17 bits per heavy atom. The molecule has 0 atom stereocenters. The van der Waals surface area contributed by atoms with Crippen molar-refractivity contribution in [1.82, 2.24) is 0 Å². The number of nitrogens with one attached hydrogen (secondary N) is 1. The van der Waals surface area contributed by atoms with Crippen LogP contribution >= 0.6 is 0 Å². The molecule has 5 nitrogen and oxygen atoms in total. The molecule has 0 spiro atoms. The minimum atomic E-state index is -0.441. The second-order valence-electron chi connectivity index (χ2n) is 6.89. The first kappa shape index (κ1) is 17.8. The summed E-state index contributed by atoms with van der Waals surface area (Å²) in [5, 5.41) is 2.79. The fourth-order valence-electron chi connectivity index (χ4n) is 2.23. The van der Waals surface area contributed by atoms with Gasteiger partial charge >= 0.3 is 7.12 Å². The Morgan fingerprint density at radius 3 is 2.30 bits per heavy atom. The Hall–Kier alpha value is -1.53. The molecule has 0 aromatic heterocycles. The zero-order valence-corrected chi connectivity index (χ0v) is 14.9. The summed E-state index contributed by atoms with van der Waals surface area (Å²) in [5.74, 6) is 0.522. The van der Waals surface area contributed by atoms with Crippen molar-refractivity contribution < 1.29 is 20.3 Å². The van der Waals surface area contributed by atoms with Gasteiger partial charge in [-0.3, -0.25) is 4.79 Å². The van der Waals surface area contributed by atoms with Crippen LogP contribution in [0.2, 0.25) is 0 Å². The molecule has 0 aliphatic carbocycles. The SMILES string of the molecule is CC1(C)OB(c2ccc3c(c2)NC(=O)CO3)OC1(C)C.CCC.[HH]. The normalized spacial score (nSPS) is 20.8. The maximum atomic E-state index is 11.4. The Kier molecular flexibility index (Phi) is 5.06. The highest BCUT2D eigenvalue weighted by atomic mass is 16.7. The van der Waals surface area contributed by atoms with Gasteiger partial charge < -0.3 is 19.4 Å². The lowest BCUT2D eigenvalue weighted by atomic mass is 9.79. The smallest absolute Gasteiger partial charge is 0.482 e. The third kappa shape index (κ3) is 3.70. The molecule has 1 aromatic carbocycles. The van der Waals surface area contributed by atoms with Gasteiger partial charge in [0.15, 0.2) is 6.61 Å². The Balaban J connectivity index is 0.000000671. The van der Waals surface area contributed by atoms with E-state index < -0.39 is 7.12 Å². The molecule has 1 amide bonds. The highest BCUT2D eigenvalue weighted by Crippen LogP contribution is 2.37. The molecule has 2 heterocycles. The molecule has 0 unspecified atom stereocenters. The summed E-state index contributed by atoms with van der Waals surface area (Å²) in [4.78, 5) is 11.4. The van der Waals surface area contributed by atoms with E-state index in [2.05, 4.69) is 19.2 Å². The van der Waals surface area contributed by atoms with E-state index in [0.717, 1.165) is 5.46 Å². The van der Waals surface area contributed by atoms with Crippen LogP contribution in [0.3, 0.4) is 0 Å². The van der Waals surface area contributed by atoms with Crippen LogP contribution in [0.1, 0.15) is 49.4 Å². The summed E-state index contributed by atoms with van der Waals surface area (Å²) in [5.41, 5.74) is 0.766. The van der Waals surface area contributed by atoms with E-state index in [1.807, 2.05) is 45.9 Å². The van der Waals surface area contributed by atoms with E-state index in [1.54, 1.807) is 0 Å². The molecule has 2 aliphatic rings. The van der Waals surface area contributed by atoms with Crippen molar-refractivity contribution in [1.29, 1.82) is 0 Å². The molecule has 6 heteroatoms. The average Bonchev–Trinajstić information content (AvgIpc) is 2.67. The van der Waals surface area contributed by atoms with Gasteiger partial charge in [-0.1, -0.05) is 26.3 Å². The molecule has 0 bridgehead atoms. The van der Waals surface area contributed by atoms with E-state index in [1.165, 1.54) is 6.42 Å². The van der Waals surface area contributed by atoms with Gasteiger partial charge in [-0.05, 0) is 45.3 Å². The number of amides is 1. The van der Waals surface area contributed by atoms with Gasteiger partial charge in [0.2, 0.25) is 0 Å². The maximum Gasteiger partial charge on any atom is 0.494 e. The monoisotopic (exact) mass is 321 g/mol. The number of hydrogen-bond donors (Lipinski definition) is 1. The fourth-order valence-corrected chi connectivity index (χ4v) is 2.23. The van der Waals surface area contributed by atoms with Crippen LogP contribution in [0, 0.1) is 0 Å². The molecule has 23 heavy (non-hydrogen) atoms. The molecule has 128 valence electrons. The second kappa shape index (κ2) is 6.53. The van der Waals surface area contributed by atoms with Crippen molar-refractivity contribution in [3.05, 3.63) is 18.2 Å². The Bertz CT molecular complexity index is 576. The van der Waals surface area contributed by atoms with Crippen molar-refractivity contribution >= 4 is 24.2 Å². The summed E-state index contributed by atoms with van der Waals surface area (Å²) in [7, 11) is -0.441. The van der Waals surface area contributed by atoms with Gasteiger partial charge in [0.25, 0.3) is 5.91 Å². The van der Waals surface area contributed by atoms with Crippen LogP contribution < -0.4 is 15.5 Å². The predicted molar refractivity (Wildman–Crippen MR) is 94.4 cm³/mol. The first-order valence-corrected chi connectivity index (χ1v) is 8.12. The summed E-state index contributed by atoms with van der Waals surface area (Å²) in [6.45, 7) is 12.3. The van der Waals surface area contributed by atoms with Gasteiger partial charge in [0.1, 0.15) is 5.75 Å². The third-order valence-electron chi connectivity index (χ3n) is 4.16. The van der Waals surface area contributed by atoms with Crippen LogP contribution in [0.25, 0.3) is 0 Å². The largest absolute Gasteiger partial charge is 0.494 e. The van der Waals surface area contributed by atoms with Crippen LogP contribution in [0.5, 0.6) is 5.75 Å². The number of fused-ring (bicyclic) bond motifs is 1. The van der Waals surface area contributed by atoms with E-state index in [-0.39, 0.29) is 25.1 Å². The van der Waals surface area contributed by atoms with Gasteiger partial charge in [-0.25, -0.2) is 0 Å². The molecular formula is C17H28BNO4. The van der Waals surface area contributed by atoms with Crippen molar-refractivity contribution in [3.8, 4) is 5.75 Å². The maximum absolute atomic E-state index is 11.4. The average molecular weight is 321 g/mol. The Morgan fingerprint density at radius 2 is 1.74 bits per heavy atom. The zero-order chi connectivity index (χ0) is 17.3. The predicted octanol–water partition coefficient (Wildman–Crippen LogP) is 2.98. The van der Waals surface area contributed by atoms with Crippen LogP contribution in [-0.4, -0.2) is 30.8 Å². The quantitative estimate of drug-likeness (QED) is 0.808. The summed E-state index contributed by atoms with van der Waals surface area (Å²) >= 11 is 0. The zero-order valence-electron chi connectivity index (χ0n) is 14.9. The van der Waals surface area contributed by atoms with E-state index in [0.29, 0.717) is 11.4 Å². The van der Waals surface area contributed by atoms with Crippen LogP contribution in [0.4, 0.5) is 5.69 Å². The number of benzene rings is 1.